The highest BCUT2D eigenvalue weighted by Crippen LogP contribution is 2.45. The largest absolute Gasteiger partial charge is 0.490 e. The third kappa shape index (κ3) is 5.65. The number of aliphatic carboxylic acids is 1. The van der Waals surface area contributed by atoms with Crippen LogP contribution in [0.1, 0.15) is 69.5 Å². The summed E-state index contributed by atoms with van der Waals surface area (Å²) in [7, 11) is 1.84. The van der Waals surface area contributed by atoms with E-state index in [1.807, 2.05) is 43.4 Å². The number of carbonyl (C=O) groups is 1. The lowest BCUT2D eigenvalue weighted by atomic mass is 9.86. The Morgan fingerprint density at radius 2 is 1.87 bits per heavy atom. The number of carboxylic acid groups (broad SMARTS) is 1. The molecular weight excluding hydrogens is 581 g/mol. The van der Waals surface area contributed by atoms with Crippen LogP contribution in [-0.2, 0) is 27.7 Å². The van der Waals surface area contributed by atoms with Gasteiger partial charge in [0.15, 0.2) is 17.7 Å². The van der Waals surface area contributed by atoms with Gasteiger partial charge in [0.05, 0.1) is 24.4 Å². The molecule has 2 aliphatic rings. The molecule has 5 heterocycles. The minimum Gasteiger partial charge on any atom is -0.490 e. The number of aryl methyl sites for hydroxylation is 2. The van der Waals surface area contributed by atoms with Crippen molar-refractivity contribution >= 4 is 23.0 Å². The van der Waals surface area contributed by atoms with Gasteiger partial charge in [-0.05, 0) is 84.6 Å². The van der Waals surface area contributed by atoms with E-state index >= 15 is 4.39 Å². The highest BCUT2D eigenvalue weighted by molar-refractivity contribution is 6.01. The van der Waals surface area contributed by atoms with Crippen LogP contribution in [0.5, 0.6) is 5.75 Å². The average Bonchev–Trinajstić information content (AvgIpc) is 3.57. The number of carboxylic acids is 1. The van der Waals surface area contributed by atoms with Crippen LogP contribution < -0.4 is 9.64 Å². The Labute approximate surface area is 261 Å². The molecule has 0 bridgehead atoms. The second-order valence-electron chi connectivity index (χ2n) is 13.1. The van der Waals surface area contributed by atoms with Crippen LogP contribution in [0.4, 0.5) is 10.4 Å². The molecule has 1 N–H and O–H groups in total. The van der Waals surface area contributed by atoms with Crippen LogP contribution in [0, 0.1) is 19.7 Å². The minimum atomic E-state index is -1.37. The van der Waals surface area contributed by atoms with Gasteiger partial charge in [-0.15, -0.1) is 5.10 Å². The van der Waals surface area contributed by atoms with Crippen LogP contribution in [0.15, 0.2) is 16.5 Å². The molecule has 3 aromatic heterocycles. The maximum Gasteiger partial charge on any atom is 0.337 e. The smallest absolute Gasteiger partial charge is 0.337 e. The molecule has 3 atom stereocenters. The number of aromatic nitrogens is 4. The molecule has 0 spiro atoms. The zero-order valence-corrected chi connectivity index (χ0v) is 27.0. The van der Waals surface area contributed by atoms with Gasteiger partial charge in [-0.1, -0.05) is 5.10 Å². The molecule has 45 heavy (non-hydrogen) atoms. The maximum atomic E-state index is 15.7. The summed E-state index contributed by atoms with van der Waals surface area (Å²) in [5.74, 6) is -1.12. The molecular formula is C33H40FN5O6. The van der Waals surface area contributed by atoms with Crippen LogP contribution in [0.2, 0.25) is 0 Å². The van der Waals surface area contributed by atoms with Crippen molar-refractivity contribution < 1.29 is 32.9 Å². The van der Waals surface area contributed by atoms with E-state index in [0.29, 0.717) is 71.2 Å². The number of benzene rings is 1. The zero-order valence-electron chi connectivity index (χ0n) is 27.0. The van der Waals surface area contributed by atoms with Gasteiger partial charge >= 0.3 is 12.0 Å². The van der Waals surface area contributed by atoms with Gasteiger partial charge in [0.25, 0.3) is 5.89 Å². The topological polar surface area (TPSA) is 125 Å². The van der Waals surface area contributed by atoms with E-state index in [0.717, 1.165) is 17.5 Å². The van der Waals surface area contributed by atoms with Crippen molar-refractivity contribution in [3.63, 3.8) is 0 Å². The summed E-state index contributed by atoms with van der Waals surface area (Å²) in [5, 5.41) is 19.8. The fraction of sp³-hybridized carbons (Fsp3) is 0.515. The summed E-state index contributed by atoms with van der Waals surface area (Å²) in [5.41, 5.74) is 3.88. The average molecular weight is 622 g/mol. The highest BCUT2D eigenvalue weighted by Gasteiger charge is 2.35. The van der Waals surface area contributed by atoms with Gasteiger partial charge in [0, 0.05) is 47.9 Å². The second kappa shape index (κ2) is 11.4. The number of ether oxygens (including phenoxy) is 3. The molecule has 0 unspecified atom stereocenters. The number of hydrogen-bond donors (Lipinski definition) is 1. The molecule has 11 nitrogen and oxygen atoms in total. The summed E-state index contributed by atoms with van der Waals surface area (Å²) in [6.45, 7) is 14.8. The van der Waals surface area contributed by atoms with E-state index in [1.165, 1.54) is 6.07 Å². The molecule has 4 aromatic rings. The van der Waals surface area contributed by atoms with E-state index in [-0.39, 0.29) is 23.8 Å². The quantitative estimate of drug-likeness (QED) is 0.277. The summed E-state index contributed by atoms with van der Waals surface area (Å²) >= 11 is 0. The molecule has 1 aromatic carbocycles. The van der Waals surface area contributed by atoms with Gasteiger partial charge < -0.3 is 33.2 Å². The Hall–Kier alpha value is -4.03. The Morgan fingerprint density at radius 1 is 1.16 bits per heavy atom. The first-order valence-electron chi connectivity index (χ1n) is 15.3. The van der Waals surface area contributed by atoms with E-state index in [1.54, 1.807) is 27.7 Å². The van der Waals surface area contributed by atoms with Crippen molar-refractivity contribution in [2.24, 2.45) is 7.05 Å². The van der Waals surface area contributed by atoms with Crippen molar-refractivity contribution in [1.29, 1.82) is 0 Å². The Balaban J connectivity index is 1.59. The number of morpholine rings is 1. The van der Waals surface area contributed by atoms with E-state index in [4.69, 9.17) is 23.6 Å². The van der Waals surface area contributed by atoms with E-state index < -0.39 is 23.5 Å². The van der Waals surface area contributed by atoms with Crippen molar-refractivity contribution in [3.8, 4) is 28.5 Å². The third-order valence-corrected chi connectivity index (χ3v) is 8.39. The number of halogens is 1. The molecule has 1 saturated heterocycles. The first kappa shape index (κ1) is 31.0. The van der Waals surface area contributed by atoms with Gasteiger partial charge in [-0.3, -0.25) is 0 Å². The Bertz CT molecular complexity index is 1780. The van der Waals surface area contributed by atoms with Crippen LogP contribution in [-0.4, -0.2) is 68.3 Å². The molecule has 12 heteroatoms. The molecule has 0 saturated carbocycles. The number of fused-ring (bicyclic) bond motifs is 2. The first-order valence-corrected chi connectivity index (χ1v) is 15.3. The predicted molar refractivity (Wildman–Crippen MR) is 166 cm³/mol. The number of hydrogen-bond acceptors (Lipinski definition) is 9. The van der Waals surface area contributed by atoms with Crippen molar-refractivity contribution in [3.05, 3.63) is 40.3 Å². The Kier molecular flexibility index (Phi) is 7.85. The number of rotatable bonds is 6. The third-order valence-electron chi connectivity index (χ3n) is 8.39. The monoisotopic (exact) mass is 621 g/mol. The summed E-state index contributed by atoms with van der Waals surface area (Å²) in [4.78, 5) is 19.7. The Morgan fingerprint density at radius 3 is 2.53 bits per heavy atom. The zero-order chi connectivity index (χ0) is 32.4. The van der Waals surface area contributed by atoms with E-state index in [9.17, 15) is 9.90 Å². The molecule has 240 valence electrons. The maximum absolute atomic E-state index is 15.7. The van der Waals surface area contributed by atoms with Crippen molar-refractivity contribution in [2.75, 3.05) is 24.6 Å². The SMILES string of the molecule is Cc1nc2c(cc(-c3nnc(N4C[C@@H](C)O[C@@H](C)C4)o3)n2C)c(-c2cc(F)c3c(c2C)CCCO3)c1[C@H](OC(C)(C)C)C(=O)O. The molecule has 0 amide bonds. The van der Waals surface area contributed by atoms with Crippen molar-refractivity contribution in [1.82, 2.24) is 19.7 Å². The number of pyridine rings is 1. The van der Waals surface area contributed by atoms with Crippen molar-refractivity contribution in [2.45, 2.75) is 85.2 Å². The van der Waals surface area contributed by atoms with Gasteiger partial charge in [-0.25, -0.2) is 14.2 Å². The lowest BCUT2D eigenvalue weighted by molar-refractivity contribution is -0.160. The normalized spacial score (nSPS) is 19.4. The second-order valence-corrected chi connectivity index (χ2v) is 13.1. The molecule has 6 rings (SSSR count). The summed E-state index contributed by atoms with van der Waals surface area (Å²) in [6.07, 6.45) is 0.0695. The summed E-state index contributed by atoms with van der Waals surface area (Å²) < 4.78 is 41.5. The lowest BCUT2D eigenvalue weighted by Crippen LogP contribution is -2.45. The predicted octanol–water partition coefficient (Wildman–Crippen LogP) is 5.93. The highest BCUT2D eigenvalue weighted by atomic mass is 19.1. The minimum absolute atomic E-state index is 0.0121. The van der Waals surface area contributed by atoms with Gasteiger partial charge in [0.2, 0.25) is 0 Å². The van der Waals surface area contributed by atoms with Gasteiger partial charge in [-0.2, -0.15) is 0 Å². The molecule has 0 aliphatic carbocycles. The van der Waals surface area contributed by atoms with Crippen LogP contribution in [0.25, 0.3) is 33.7 Å². The lowest BCUT2D eigenvalue weighted by Gasteiger charge is -2.33. The first-order chi connectivity index (χ1) is 21.2. The van der Waals surface area contributed by atoms with Crippen LogP contribution >= 0.6 is 0 Å². The fourth-order valence-electron chi connectivity index (χ4n) is 6.56. The van der Waals surface area contributed by atoms with Crippen LogP contribution in [0.3, 0.4) is 0 Å². The number of nitrogens with zero attached hydrogens (tertiary/aromatic N) is 5. The molecule has 2 aliphatic heterocycles. The van der Waals surface area contributed by atoms with E-state index in [2.05, 4.69) is 10.2 Å². The van der Waals surface area contributed by atoms with Gasteiger partial charge in [0.1, 0.15) is 11.3 Å². The molecule has 0 radical (unpaired) electrons. The number of anilines is 1. The summed E-state index contributed by atoms with van der Waals surface area (Å²) in [6, 6.07) is 3.68. The standard InChI is InChI=1S/C33H40FN5O6/c1-16-14-39(15-17(2)43-16)32-37-36-30(44-32)24-13-22-26(21-12-23(34)27-20(18(21)3)10-9-11-42-27)25(19(4)35-29(22)38(24)8)28(31(40)41)45-33(5,6)7/h12-13,16-17,28H,9-11,14-15H2,1-8H3,(H,40,41)/t16-,17+,28-/m0/s1. The fourth-order valence-corrected chi connectivity index (χ4v) is 6.56. The molecule has 1 fully saturated rings.